The Bertz CT molecular complexity index is 390. The highest BCUT2D eigenvalue weighted by atomic mass is 16.5. The van der Waals surface area contributed by atoms with Crippen LogP contribution in [0.15, 0.2) is 47.7 Å². The average Bonchev–Trinajstić information content (AvgIpc) is 2.42. The molecule has 2 aliphatic rings. The van der Waals surface area contributed by atoms with Gasteiger partial charge in [-0.15, -0.1) is 0 Å². The first-order chi connectivity index (χ1) is 7.67. The molecule has 1 heterocycles. The molecule has 1 saturated heterocycles. The van der Waals surface area contributed by atoms with E-state index in [1.165, 1.54) is 11.3 Å². The van der Waals surface area contributed by atoms with Crippen LogP contribution in [0.25, 0.3) is 0 Å². The van der Waals surface area contributed by atoms with Gasteiger partial charge in [0.1, 0.15) is 0 Å². The Morgan fingerprint density at radius 2 is 1.94 bits per heavy atom. The minimum absolute atomic E-state index is 0.0818. The third-order valence-corrected chi connectivity index (χ3v) is 3.41. The zero-order chi connectivity index (χ0) is 11.6. The number of hydrogen-bond donors (Lipinski definition) is 0. The van der Waals surface area contributed by atoms with Crippen molar-refractivity contribution in [3.05, 3.63) is 47.7 Å². The smallest absolute Gasteiger partial charge is 0.0695 e. The molecule has 0 saturated carbocycles. The molecular weight excluding hydrogens is 198 g/mol. The van der Waals surface area contributed by atoms with Gasteiger partial charge in [0.15, 0.2) is 0 Å². The van der Waals surface area contributed by atoms with E-state index in [9.17, 15) is 0 Å². The average molecular weight is 217 g/mol. The van der Waals surface area contributed by atoms with Crippen molar-refractivity contribution in [2.24, 2.45) is 0 Å². The number of allylic oxidation sites excluding steroid dienone is 7. The van der Waals surface area contributed by atoms with Gasteiger partial charge in [0, 0.05) is 19.9 Å². The maximum Gasteiger partial charge on any atom is 0.0695 e. The van der Waals surface area contributed by atoms with Crippen molar-refractivity contribution in [3.63, 3.8) is 0 Å². The van der Waals surface area contributed by atoms with Crippen LogP contribution in [-0.2, 0) is 4.74 Å². The molecule has 0 bridgehead atoms. The molecule has 0 radical (unpaired) electrons. The Balaban J connectivity index is 2.35. The van der Waals surface area contributed by atoms with Gasteiger partial charge in [-0.25, -0.2) is 0 Å². The fourth-order valence-corrected chi connectivity index (χ4v) is 2.39. The van der Waals surface area contributed by atoms with Crippen molar-refractivity contribution < 1.29 is 4.74 Å². The molecule has 2 nitrogen and oxygen atoms in total. The summed E-state index contributed by atoms with van der Waals surface area (Å²) in [6.07, 6.45) is 13.7. The summed E-state index contributed by atoms with van der Waals surface area (Å²) in [5.74, 6) is 0. The van der Waals surface area contributed by atoms with Crippen LogP contribution >= 0.6 is 0 Å². The topological polar surface area (TPSA) is 12.5 Å². The van der Waals surface area contributed by atoms with Gasteiger partial charge in [-0.2, -0.15) is 0 Å². The first kappa shape index (κ1) is 11.2. The van der Waals surface area contributed by atoms with Gasteiger partial charge in [-0.3, -0.25) is 0 Å². The van der Waals surface area contributed by atoms with E-state index in [0.717, 1.165) is 13.0 Å². The molecule has 0 amide bonds. The number of methoxy groups -OCH3 is 1. The van der Waals surface area contributed by atoms with Gasteiger partial charge in [-0.05, 0) is 25.0 Å². The predicted molar refractivity (Wildman–Crippen MR) is 67.1 cm³/mol. The summed E-state index contributed by atoms with van der Waals surface area (Å²) in [6, 6.07) is 0. The van der Waals surface area contributed by atoms with Crippen molar-refractivity contribution in [1.29, 1.82) is 0 Å². The van der Waals surface area contributed by atoms with Crippen LogP contribution in [0, 0.1) is 0 Å². The zero-order valence-corrected chi connectivity index (χ0v) is 10.2. The Labute approximate surface area is 97.6 Å². The molecule has 2 rings (SSSR count). The molecule has 0 aromatic rings. The fourth-order valence-electron chi connectivity index (χ4n) is 2.39. The lowest BCUT2D eigenvalue weighted by Gasteiger charge is -2.33. The monoisotopic (exact) mass is 217 g/mol. The van der Waals surface area contributed by atoms with Gasteiger partial charge in [0.2, 0.25) is 0 Å². The van der Waals surface area contributed by atoms with Crippen LogP contribution in [-0.4, -0.2) is 31.2 Å². The van der Waals surface area contributed by atoms with Crippen LogP contribution in [0.3, 0.4) is 0 Å². The second-order valence-corrected chi connectivity index (χ2v) is 4.68. The van der Waals surface area contributed by atoms with E-state index >= 15 is 0 Å². The Hall–Kier alpha value is -1.28. The standard InChI is InChI=1S/C14H19NO/c1-14(11-16-3)10-12-8-6-4-5-7-9-13(12)15(14)2/h4-9H,10-11H2,1-3H3/b5-4?,6-4-,7-5-,8-6?,9-7?,12-8?,13-9?. The third-order valence-electron chi connectivity index (χ3n) is 3.41. The van der Waals surface area contributed by atoms with E-state index in [0.29, 0.717) is 0 Å². The second kappa shape index (κ2) is 4.30. The highest BCUT2D eigenvalue weighted by Gasteiger charge is 2.39. The maximum absolute atomic E-state index is 5.34. The molecule has 1 aliphatic heterocycles. The van der Waals surface area contributed by atoms with Crippen molar-refractivity contribution in [2.75, 3.05) is 20.8 Å². The lowest BCUT2D eigenvalue weighted by atomic mass is 9.98. The normalized spacial score (nSPS) is 32.3. The quantitative estimate of drug-likeness (QED) is 0.705. The summed E-state index contributed by atoms with van der Waals surface area (Å²) in [5.41, 5.74) is 2.78. The van der Waals surface area contributed by atoms with E-state index in [-0.39, 0.29) is 5.54 Å². The largest absolute Gasteiger partial charge is 0.382 e. The Morgan fingerprint density at radius 1 is 1.25 bits per heavy atom. The molecule has 1 atom stereocenters. The van der Waals surface area contributed by atoms with Crippen LogP contribution in [0.1, 0.15) is 13.3 Å². The summed E-state index contributed by atoms with van der Waals surface area (Å²) in [5, 5.41) is 0. The Morgan fingerprint density at radius 3 is 2.62 bits per heavy atom. The maximum atomic E-state index is 5.34. The van der Waals surface area contributed by atoms with Crippen LogP contribution in [0.2, 0.25) is 0 Å². The minimum Gasteiger partial charge on any atom is -0.382 e. The molecule has 1 unspecified atom stereocenters. The summed E-state index contributed by atoms with van der Waals surface area (Å²) in [4.78, 5) is 2.33. The number of fused-ring (bicyclic) bond motifs is 1. The lowest BCUT2D eigenvalue weighted by Crippen LogP contribution is -2.41. The number of likely N-dealkylation sites (tertiary alicyclic amines) is 1. The first-order valence-corrected chi connectivity index (χ1v) is 5.65. The van der Waals surface area contributed by atoms with E-state index in [4.69, 9.17) is 4.74 Å². The van der Waals surface area contributed by atoms with Crippen molar-refractivity contribution in [2.45, 2.75) is 18.9 Å². The summed E-state index contributed by atoms with van der Waals surface area (Å²) >= 11 is 0. The number of likely N-dealkylation sites (N-methyl/N-ethyl adjacent to an activating group) is 1. The molecule has 0 aromatic carbocycles. The van der Waals surface area contributed by atoms with Crippen LogP contribution in [0.5, 0.6) is 0 Å². The van der Waals surface area contributed by atoms with Crippen molar-refractivity contribution in [3.8, 4) is 0 Å². The highest BCUT2D eigenvalue weighted by molar-refractivity contribution is 5.44. The SMILES string of the molecule is COCC1(C)CC2=C/C=C\C=C/C=C2N1C. The van der Waals surface area contributed by atoms with Gasteiger partial charge in [0.05, 0.1) is 12.1 Å². The van der Waals surface area contributed by atoms with E-state index in [1.54, 1.807) is 7.11 Å². The molecule has 1 aliphatic carbocycles. The van der Waals surface area contributed by atoms with E-state index in [2.05, 4.69) is 55.3 Å². The summed E-state index contributed by atoms with van der Waals surface area (Å²) in [6.45, 7) is 3.00. The van der Waals surface area contributed by atoms with Crippen molar-refractivity contribution >= 4 is 0 Å². The number of rotatable bonds is 2. The second-order valence-electron chi connectivity index (χ2n) is 4.68. The zero-order valence-electron chi connectivity index (χ0n) is 10.2. The van der Waals surface area contributed by atoms with E-state index in [1.807, 2.05) is 0 Å². The van der Waals surface area contributed by atoms with Crippen LogP contribution in [0.4, 0.5) is 0 Å². The summed E-state index contributed by atoms with van der Waals surface area (Å²) < 4.78 is 5.34. The molecule has 0 aromatic heterocycles. The highest BCUT2D eigenvalue weighted by Crippen LogP contribution is 2.39. The van der Waals surface area contributed by atoms with Gasteiger partial charge < -0.3 is 9.64 Å². The number of nitrogens with zero attached hydrogens (tertiary/aromatic N) is 1. The van der Waals surface area contributed by atoms with Crippen LogP contribution < -0.4 is 0 Å². The molecule has 16 heavy (non-hydrogen) atoms. The number of hydrogen-bond acceptors (Lipinski definition) is 2. The van der Waals surface area contributed by atoms with Crippen molar-refractivity contribution in [1.82, 2.24) is 4.90 Å². The molecule has 86 valence electrons. The summed E-state index contributed by atoms with van der Waals surface area (Å²) in [7, 11) is 3.91. The van der Waals surface area contributed by atoms with Gasteiger partial charge in [-0.1, -0.05) is 30.4 Å². The third kappa shape index (κ3) is 1.85. The minimum atomic E-state index is 0.0818. The molecule has 0 N–H and O–H groups in total. The first-order valence-electron chi connectivity index (χ1n) is 5.65. The fraction of sp³-hybridized carbons (Fsp3) is 0.429. The molecule has 1 fully saturated rings. The molecular formula is C14H19NO. The van der Waals surface area contributed by atoms with Gasteiger partial charge >= 0.3 is 0 Å². The molecule has 2 heteroatoms. The van der Waals surface area contributed by atoms with E-state index < -0.39 is 0 Å². The Kier molecular flexibility index (Phi) is 3.01. The number of ether oxygens (including phenoxy) is 1. The predicted octanol–water partition coefficient (Wildman–Crippen LogP) is 2.66. The van der Waals surface area contributed by atoms with Gasteiger partial charge in [0.25, 0.3) is 0 Å². The molecule has 0 spiro atoms. The lowest BCUT2D eigenvalue weighted by molar-refractivity contribution is 0.0761.